The van der Waals surface area contributed by atoms with Crippen LogP contribution in [0, 0.1) is 6.92 Å². The standard InChI is InChI=1S/C13H13BrN2O2/c1-3-18-13(17)12-7-11(15-16-12)9-5-4-6-10(14)8(9)2/h4-7H,3H2,1-2H3,(H,15,16). The molecule has 4 nitrogen and oxygen atoms in total. The van der Waals surface area contributed by atoms with Gasteiger partial charge in [-0.3, -0.25) is 5.10 Å². The highest BCUT2D eigenvalue weighted by atomic mass is 79.9. The number of aromatic nitrogens is 2. The van der Waals surface area contributed by atoms with Crippen molar-refractivity contribution in [1.82, 2.24) is 10.2 Å². The summed E-state index contributed by atoms with van der Waals surface area (Å²) in [6, 6.07) is 7.57. The number of esters is 1. The zero-order chi connectivity index (χ0) is 13.1. The molecule has 0 unspecified atom stereocenters. The van der Waals surface area contributed by atoms with E-state index in [1.807, 2.05) is 25.1 Å². The number of carbonyl (C=O) groups excluding carboxylic acids is 1. The van der Waals surface area contributed by atoms with Gasteiger partial charge in [-0.25, -0.2) is 4.79 Å². The van der Waals surface area contributed by atoms with Crippen molar-refractivity contribution >= 4 is 21.9 Å². The van der Waals surface area contributed by atoms with Gasteiger partial charge in [-0.1, -0.05) is 28.1 Å². The SMILES string of the molecule is CCOC(=O)c1cc(-c2cccc(Br)c2C)n[nH]1. The minimum absolute atomic E-state index is 0.350. The highest BCUT2D eigenvalue weighted by Crippen LogP contribution is 2.27. The van der Waals surface area contributed by atoms with E-state index in [0.29, 0.717) is 12.3 Å². The number of hydrogen-bond acceptors (Lipinski definition) is 3. The lowest BCUT2D eigenvalue weighted by molar-refractivity contribution is 0.0519. The fraction of sp³-hybridized carbons (Fsp3) is 0.231. The van der Waals surface area contributed by atoms with Crippen molar-refractivity contribution in [3.05, 3.63) is 40.0 Å². The molecule has 0 aliphatic carbocycles. The first kappa shape index (κ1) is 12.8. The van der Waals surface area contributed by atoms with Crippen molar-refractivity contribution in [2.45, 2.75) is 13.8 Å². The molecule has 2 rings (SSSR count). The van der Waals surface area contributed by atoms with Crippen molar-refractivity contribution in [2.24, 2.45) is 0 Å². The highest BCUT2D eigenvalue weighted by Gasteiger charge is 2.13. The van der Waals surface area contributed by atoms with E-state index in [0.717, 1.165) is 21.3 Å². The van der Waals surface area contributed by atoms with Gasteiger partial charge >= 0.3 is 5.97 Å². The minimum Gasteiger partial charge on any atom is -0.461 e. The predicted octanol–water partition coefficient (Wildman–Crippen LogP) is 3.32. The summed E-state index contributed by atoms with van der Waals surface area (Å²) in [5.74, 6) is -0.385. The molecule has 0 saturated heterocycles. The lowest BCUT2D eigenvalue weighted by atomic mass is 10.1. The van der Waals surface area contributed by atoms with Gasteiger partial charge in [0.25, 0.3) is 0 Å². The first-order chi connectivity index (χ1) is 8.63. The number of halogens is 1. The number of ether oxygens (including phenoxy) is 1. The number of benzene rings is 1. The molecule has 1 aromatic heterocycles. The Hall–Kier alpha value is -1.62. The van der Waals surface area contributed by atoms with Gasteiger partial charge in [0.2, 0.25) is 0 Å². The summed E-state index contributed by atoms with van der Waals surface area (Å²) in [6.07, 6.45) is 0. The van der Waals surface area contributed by atoms with Crippen LogP contribution in [0.5, 0.6) is 0 Å². The molecule has 94 valence electrons. The van der Waals surface area contributed by atoms with Crippen molar-refractivity contribution < 1.29 is 9.53 Å². The molecule has 5 heteroatoms. The number of aromatic amines is 1. The van der Waals surface area contributed by atoms with E-state index in [1.165, 1.54) is 0 Å². The summed E-state index contributed by atoms with van der Waals surface area (Å²) in [4.78, 5) is 11.5. The number of rotatable bonds is 3. The first-order valence-electron chi connectivity index (χ1n) is 5.61. The van der Waals surface area contributed by atoms with E-state index >= 15 is 0 Å². The maximum Gasteiger partial charge on any atom is 0.356 e. The Bertz CT molecular complexity index is 578. The van der Waals surface area contributed by atoms with Crippen LogP contribution >= 0.6 is 15.9 Å². The van der Waals surface area contributed by atoms with E-state index in [-0.39, 0.29) is 5.97 Å². The van der Waals surface area contributed by atoms with E-state index in [1.54, 1.807) is 13.0 Å². The summed E-state index contributed by atoms with van der Waals surface area (Å²) < 4.78 is 5.93. The number of hydrogen-bond donors (Lipinski definition) is 1. The molecular weight excluding hydrogens is 296 g/mol. The molecular formula is C13H13BrN2O2. The average Bonchev–Trinajstić information content (AvgIpc) is 2.82. The van der Waals surface area contributed by atoms with Crippen molar-refractivity contribution in [3.8, 4) is 11.3 Å². The Morgan fingerprint density at radius 3 is 3.00 bits per heavy atom. The van der Waals surface area contributed by atoms with Gasteiger partial charge in [0.05, 0.1) is 12.3 Å². The van der Waals surface area contributed by atoms with Gasteiger partial charge < -0.3 is 4.74 Å². The molecule has 2 aromatic rings. The molecule has 0 bridgehead atoms. The zero-order valence-electron chi connectivity index (χ0n) is 10.2. The second kappa shape index (κ2) is 5.35. The molecule has 0 atom stereocenters. The van der Waals surface area contributed by atoms with Gasteiger partial charge in [-0.2, -0.15) is 5.10 Å². The molecule has 0 aliphatic rings. The van der Waals surface area contributed by atoms with Crippen LogP contribution in [0.2, 0.25) is 0 Å². The smallest absolute Gasteiger partial charge is 0.356 e. The Balaban J connectivity index is 2.35. The Labute approximate surface area is 113 Å². The molecule has 0 spiro atoms. The Morgan fingerprint density at radius 2 is 2.28 bits per heavy atom. The maximum atomic E-state index is 11.5. The lowest BCUT2D eigenvalue weighted by Crippen LogP contribution is -2.04. The topological polar surface area (TPSA) is 55.0 Å². The van der Waals surface area contributed by atoms with Crippen LogP contribution in [-0.2, 0) is 4.74 Å². The molecule has 0 aliphatic heterocycles. The van der Waals surface area contributed by atoms with E-state index in [9.17, 15) is 4.79 Å². The molecule has 0 radical (unpaired) electrons. The number of nitrogens with zero attached hydrogens (tertiary/aromatic N) is 1. The molecule has 1 N–H and O–H groups in total. The third-order valence-electron chi connectivity index (χ3n) is 2.62. The van der Waals surface area contributed by atoms with Crippen LogP contribution in [-0.4, -0.2) is 22.8 Å². The van der Waals surface area contributed by atoms with Crippen molar-refractivity contribution in [3.63, 3.8) is 0 Å². The van der Waals surface area contributed by atoms with Crippen molar-refractivity contribution in [1.29, 1.82) is 0 Å². The third kappa shape index (κ3) is 2.46. The second-order valence-corrected chi connectivity index (χ2v) is 4.65. The van der Waals surface area contributed by atoms with Crippen LogP contribution < -0.4 is 0 Å². The fourth-order valence-electron chi connectivity index (χ4n) is 1.66. The molecule has 18 heavy (non-hydrogen) atoms. The van der Waals surface area contributed by atoms with Crippen LogP contribution in [0.3, 0.4) is 0 Å². The quantitative estimate of drug-likeness (QED) is 0.885. The number of nitrogens with one attached hydrogen (secondary N) is 1. The number of H-pyrrole nitrogens is 1. The van der Waals surface area contributed by atoms with Crippen LogP contribution in [0.15, 0.2) is 28.7 Å². The van der Waals surface area contributed by atoms with Gasteiger partial charge in [-0.05, 0) is 31.5 Å². The summed E-state index contributed by atoms with van der Waals surface area (Å²) in [6.45, 7) is 4.12. The molecule has 0 fully saturated rings. The summed E-state index contributed by atoms with van der Waals surface area (Å²) in [5.41, 5.74) is 3.17. The van der Waals surface area contributed by atoms with Gasteiger partial charge in [0.1, 0.15) is 5.69 Å². The fourth-order valence-corrected chi connectivity index (χ4v) is 2.02. The monoisotopic (exact) mass is 308 g/mol. The Kier molecular flexibility index (Phi) is 3.81. The highest BCUT2D eigenvalue weighted by molar-refractivity contribution is 9.10. The normalized spacial score (nSPS) is 10.4. The molecule has 1 heterocycles. The Morgan fingerprint density at radius 1 is 1.50 bits per heavy atom. The van der Waals surface area contributed by atoms with Crippen molar-refractivity contribution in [2.75, 3.05) is 6.61 Å². The lowest BCUT2D eigenvalue weighted by Gasteiger charge is -2.03. The predicted molar refractivity (Wildman–Crippen MR) is 72.4 cm³/mol. The molecule has 0 amide bonds. The van der Waals surface area contributed by atoms with Gasteiger partial charge in [0.15, 0.2) is 0 Å². The third-order valence-corrected chi connectivity index (χ3v) is 3.48. The van der Waals surface area contributed by atoms with E-state index in [2.05, 4.69) is 26.1 Å². The summed E-state index contributed by atoms with van der Waals surface area (Å²) in [5, 5.41) is 6.84. The largest absolute Gasteiger partial charge is 0.461 e. The van der Waals surface area contributed by atoms with Gasteiger partial charge in [0, 0.05) is 10.0 Å². The second-order valence-electron chi connectivity index (χ2n) is 3.80. The minimum atomic E-state index is -0.385. The summed E-state index contributed by atoms with van der Waals surface area (Å²) >= 11 is 3.47. The first-order valence-corrected chi connectivity index (χ1v) is 6.40. The summed E-state index contributed by atoms with van der Waals surface area (Å²) in [7, 11) is 0. The van der Waals surface area contributed by atoms with Crippen LogP contribution in [0.1, 0.15) is 23.0 Å². The number of carbonyl (C=O) groups is 1. The van der Waals surface area contributed by atoms with E-state index < -0.39 is 0 Å². The average molecular weight is 309 g/mol. The zero-order valence-corrected chi connectivity index (χ0v) is 11.7. The molecule has 0 saturated carbocycles. The van der Waals surface area contributed by atoms with Gasteiger partial charge in [-0.15, -0.1) is 0 Å². The molecule has 1 aromatic carbocycles. The maximum absolute atomic E-state index is 11.5. The van der Waals surface area contributed by atoms with E-state index in [4.69, 9.17) is 4.74 Å². The van der Waals surface area contributed by atoms with Crippen LogP contribution in [0.4, 0.5) is 0 Å². The van der Waals surface area contributed by atoms with Crippen LogP contribution in [0.25, 0.3) is 11.3 Å².